The number of aliphatic hydroxyl groups excluding tert-OH is 1. The van der Waals surface area contributed by atoms with Crippen LogP contribution in [0.15, 0.2) is 114 Å². The molecule has 3 aromatic rings. The number of Topliss-reactive ketones (excluding diaryl/α,β-unsaturated/α-hetero) is 1. The number of esters is 5. The minimum atomic E-state index is -2.45. The number of aliphatic hydroxyl groups is 2. The predicted molar refractivity (Wildman–Crippen MR) is 301 cm³/mol. The number of fused-ring (bicyclic) bond motifs is 5. The van der Waals surface area contributed by atoms with Crippen LogP contribution in [0.1, 0.15) is 184 Å². The highest BCUT2D eigenvalue weighted by Crippen LogP contribution is 2.65. The number of hydrogen-bond donors (Lipinski definition) is 3. The van der Waals surface area contributed by atoms with Crippen molar-refractivity contribution in [2.75, 3.05) is 6.61 Å². The van der Waals surface area contributed by atoms with Crippen molar-refractivity contribution in [2.24, 2.45) is 16.7 Å². The monoisotopic (exact) mass is 1120 g/mol. The van der Waals surface area contributed by atoms with Gasteiger partial charge in [-0.2, -0.15) is 0 Å². The molecule has 3 aliphatic carbocycles. The van der Waals surface area contributed by atoms with E-state index < -0.39 is 119 Å². The van der Waals surface area contributed by atoms with E-state index >= 15 is 4.79 Å². The summed E-state index contributed by atoms with van der Waals surface area (Å²) in [6, 6.07) is 23.1. The van der Waals surface area contributed by atoms with Gasteiger partial charge in [0, 0.05) is 44.1 Å². The lowest BCUT2D eigenvalue weighted by atomic mass is 9.44. The number of allylic oxidation sites excluding steroid dienone is 2. The van der Waals surface area contributed by atoms with Crippen LogP contribution >= 0.6 is 0 Å². The molecule has 4 aliphatic rings. The van der Waals surface area contributed by atoms with E-state index in [-0.39, 0.29) is 41.7 Å². The summed E-state index contributed by atoms with van der Waals surface area (Å²) in [6.45, 7) is 10.4. The Balaban J connectivity index is 1.24. The van der Waals surface area contributed by atoms with Crippen LogP contribution in [0.3, 0.4) is 0 Å². The van der Waals surface area contributed by atoms with Crippen LogP contribution in [0.25, 0.3) is 0 Å². The summed E-state index contributed by atoms with van der Waals surface area (Å²) in [5, 5.41) is 28.9. The molecule has 0 radical (unpaired) electrons. The Bertz CT molecular complexity index is 2740. The van der Waals surface area contributed by atoms with Gasteiger partial charge in [0.25, 0.3) is 5.91 Å². The third-order valence-electron chi connectivity index (χ3n) is 17.4. The lowest BCUT2D eigenvalue weighted by Crippen LogP contribution is -2.82. The summed E-state index contributed by atoms with van der Waals surface area (Å²) < 4.78 is 37.8. The Morgan fingerprint density at radius 1 is 0.728 bits per heavy atom. The zero-order valence-corrected chi connectivity index (χ0v) is 48.2. The fraction of sp³-hybridized carbons (Fsp3) is 0.554. The Hall–Kier alpha value is -6.49. The standard InChI is InChI=1S/C65H83NO15/c1-8-9-10-11-12-13-14-15-16-17-18-19-20-21-31-38-51(69)79-49-39-50-64(41-76-50,81-44(4)68)56-58(80-60(73)47-36-29-24-30-37-47)65(75)40-48(42(2)52(62(65,5)6)55(77-43(3)67)57(71)63(49,56)7)78-61(74)54(70)53(45-32-25-22-26-33-45)66-59(72)46-34-27-23-28-35-46/h15-16,22-30,32-37,48-50,53-56,58,70,75H,8-14,17-21,31,38-41H2,1-7H3,(H,66,72)/b16-15-/t48-,49-,50+,53-,54+,55+,56?,58?,63+,64-,65+/m0/s1. The number of unbranched alkanes of at least 4 members (excludes halogenated alkanes) is 11. The number of benzene rings is 3. The van der Waals surface area contributed by atoms with Gasteiger partial charge < -0.3 is 44.0 Å². The molecule has 0 aromatic heterocycles. The first-order valence-electron chi connectivity index (χ1n) is 29.1. The highest BCUT2D eigenvalue weighted by molar-refractivity contribution is 5.96. The van der Waals surface area contributed by atoms with Crippen molar-refractivity contribution in [1.29, 1.82) is 0 Å². The first kappa shape index (κ1) is 62.1. The summed E-state index contributed by atoms with van der Waals surface area (Å²) in [5.74, 6) is -7.51. The summed E-state index contributed by atoms with van der Waals surface area (Å²) in [6.07, 6.45) is 7.87. The van der Waals surface area contributed by atoms with E-state index in [1.54, 1.807) is 99.6 Å². The molecule has 3 fully saturated rings. The molecule has 16 nitrogen and oxygen atoms in total. The van der Waals surface area contributed by atoms with Gasteiger partial charge in [-0.05, 0) is 86.9 Å². The van der Waals surface area contributed by atoms with E-state index in [0.29, 0.717) is 12.0 Å². The van der Waals surface area contributed by atoms with Crippen LogP contribution in [-0.4, -0.2) is 106 Å². The molecule has 11 atom stereocenters. The fourth-order valence-corrected chi connectivity index (χ4v) is 12.9. The maximum absolute atomic E-state index is 16.3. The first-order valence-corrected chi connectivity index (χ1v) is 29.1. The highest BCUT2D eigenvalue weighted by atomic mass is 16.6. The average Bonchev–Trinajstić information content (AvgIpc) is 0.894. The van der Waals surface area contributed by atoms with Gasteiger partial charge in [0.15, 0.2) is 23.6 Å². The summed E-state index contributed by atoms with van der Waals surface area (Å²) in [4.78, 5) is 100. The van der Waals surface area contributed by atoms with Crippen LogP contribution in [-0.2, 0) is 52.4 Å². The number of ether oxygens (including phenoxy) is 6. The summed E-state index contributed by atoms with van der Waals surface area (Å²) in [7, 11) is 0. The molecule has 1 heterocycles. The van der Waals surface area contributed by atoms with Gasteiger partial charge in [0.2, 0.25) is 0 Å². The Kier molecular flexibility index (Phi) is 21.1. The van der Waals surface area contributed by atoms with Gasteiger partial charge in [0.1, 0.15) is 30.0 Å². The second-order valence-electron chi connectivity index (χ2n) is 23.2. The van der Waals surface area contributed by atoms with Crippen LogP contribution in [0.4, 0.5) is 0 Å². The molecule has 81 heavy (non-hydrogen) atoms. The maximum Gasteiger partial charge on any atom is 0.338 e. The Labute approximate surface area is 476 Å². The fourth-order valence-electron chi connectivity index (χ4n) is 12.9. The molecule has 1 saturated heterocycles. The Morgan fingerprint density at radius 3 is 1.86 bits per heavy atom. The molecule has 1 aliphatic heterocycles. The molecule has 16 heteroatoms. The van der Waals surface area contributed by atoms with Crippen molar-refractivity contribution in [1.82, 2.24) is 5.32 Å². The minimum Gasteiger partial charge on any atom is -0.461 e. The number of carbonyl (C=O) groups excluding carboxylic acids is 7. The zero-order valence-electron chi connectivity index (χ0n) is 48.2. The van der Waals surface area contributed by atoms with E-state index in [4.69, 9.17) is 28.4 Å². The molecule has 438 valence electrons. The third-order valence-corrected chi connectivity index (χ3v) is 17.4. The molecule has 3 aromatic carbocycles. The van der Waals surface area contributed by atoms with E-state index in [1.807, 2.05) is 0 Å². The average molecular weight is 1120 g/mol. The van der Waals surface area contributed by atoms with Crippen LogP contribution < -0.4 is 5.32 Å². The van der Waals surface area contributed by atoms with Gasteiger partial charge >= 0.3 is 29.8 Å². The van der Waals surface area contributed by atoms with E-state index in [0.717, 1.165) is 45.4 Å². The highest BCUT2D eigenvalue weighted by Gasteiger charge is 2.79. The van der Waals surface area contributed by atoms with Crippen molar-refractivity contribution >= 4 is 41.5 Å². The van der Waals surface area contributed by atoms with Crippen molar-refractivity contribution in [2.45, 2.75) is 205 Å². The number of amides is 1. The molecule has 3 N–H and O–H groups in total. The van der Waals surface area contributed by atoms with E-state index in [2.05, 4.69) is 24.4 Å². The first-order chi connectivity index (χ1) is 38.7. The number of nitrogens with one attached hydrogen (secondary N) is 1. The van der Waals surface area contributed by atoms with Crippen LogP contribution in [0.2, 0.25) is 0 Å². The number of hydrogen-bond acceptors (Lipinski definition) is 15. The summed E-state index contributed by atoms with van der Waals surface area (Å²) >= 11 is 0. The molecule has 2 saturated carbocycles. The van der Waals surface area contributed by atoms with Gasteiger partial charge in [-0.3, -0.25) is 24.0 Å². The van der Waals surface area contributed by atoms with Crippen LogP contribution in [0.5, 0.6) is 0 Å². The second-order valence-corrected chi connectivity index (χ2v) is 23.2. The summed E-state index contributed by atoms with van der Waals surface area (Å²) in [5.41, 5.74) is -7.24. The second kappa shape index (κ2) is 27.5. The smallest absolute Gasteiger partial charge is 0.338 e. The topological polar surface area (TPSA) is 227 Å². The molecule has 2 bridgehead atoms. The van der Waals surface area contributed by atoms with Crippen LogP contribution in [0, 0.1) is 16.7 Å². The zero-order chi connectivity index (χ0) is 58.5. The molecule has 1 amide bonds. The normalized spacial score (nSPS) is 27.2. The number of ketones is 1. The van der Waals surface area contributed by atoms with E-state index in [9.17, 15) is 39.0 Å². The van der Waals surface area contributed by atoms with Crippen molar-refractivity contribution in [3.8, 4) is 0 Å². The number of rotatable bonds is 26. The van der Waals surface area contributed by atoms with Gasteiger partial charge in [-0.1, -0.05) is 151 Å². The van der Waals surface area contributed by atoms with Crippen molar-refractivity contribution in [3.05, 3.63) is 131 Å². The lowest BCUT2D eigenvalue weighted by molar-refractivity contribution is -0.346. The molecule has 7 rings (SSSR count). The molecular weight excluding hydrogens is 1030 g/mol. The molecule has 0 spiro atoms. The maximum atomic E-state index is 16.3. The predicted octanol–water partition coefficient (Wildman–Crippen LogP) is 10.3. The SMILES string of the molecule is CCCCCCCC/C=C\CCCCCCCC(=O)O[C@H]1C[C@H]2OC[C@@]2(OC(C)=O)C2C(OC(=O)c3ccccc3)[C@]3(O)C[C@H](OC(=O)[C@H](O)[C@@H](NC(=O)c4ccccc4)c4ccccc4)C(C)=C([C@@H](OC(C)=O)C(=O)[C@@]21C)C3(C)C. The van der Waals surface area contributed by atoms with Gasteiger partial charge in [-0.25, -0.2) is 9.59 Å². The van der Waals surface area contributed by atoms with Crippen molar-refractivity contribution in [3.63, 3.8) is 0 Å². The molecule has 2 unspecified atom stereocenters. The largest absolute Gasteiger partial charge is 0.461 e. The van der Waals surface area contributed by atoms with Gasteiger partial charge in [0.05, 0.1) is 29.5 Å². The lowest BCUT2D eigenvalue weighted by Gasteiger charge is -2.67. The quantitative estimate of drug-likeness (QED) is 0.0294. The Morgan fingerprint density at radius 2 is 1.30 bits per heavy atom. The minimum absolute atomic E-state index is 0.00516. The van der Waals surface area contributed by atoms with E-state index in [1.165, 1.54) is 64.5 Å². The van der Waals surface area contributed by atoms with Gasteiger partial charge in [-0.15, -0.1) is 0 Å². The van der Waals surface area contributed by atoms with Crippen molar-refractivity contribution < 1.29 is 72.2 Å². The third kappa shape index (κ3) is 13.7. The molecular formula is C65H83NO15. The number of carbonyl (C=O) groups is 7.